The van der Waals surface area contributed by atoms with Crippen LogP contribution in [0, 0.1) is 0 Å². The first-order chi connectivity index (χ1) is 6.90. The van der Waals surface area contributed by atoms with Crippen LogP contribution in [0.5, 0.6) is 0 Å². The van der Waals surface area contributed by atoms with Crippen molar-refractivity contribution >= 4 is 16.5 Å². The third kappa shape index (κ3) is 2.20. The second kappa shape index (κ2) is 4.68. The summed E-state index contributed by atoms with van der Waals surface area (Å²) in [7, 11) is 1.90. The van der Waals surface area contributed by atoms with Crippen LogP contribution < -0.4 is 5.32 Å². The van der Waals surface area contributed by atoms with E-state index in [-0.39, 0.29) is 0 Å². The highest BCUT2D eigenvalue weighted by atomic mass is 32.1. The highest BCUT2D eigenvalue weighted by Gasteiger charge is 2.14. The lowest BCUT2D eigenvalue weighted by atomic mass is 10.3. The summed E-state index contributed by atoms with van der Waals surface area (Å²) in [5.74, 6) is 0. The lowest BCUT2D eigenvalue weighted by molar-refractivity contribution is 0.0337. The minimum Gasteiger partial charge on any atom is -0.379 e. The van der Waals surface area contributed by atoms with Gasteiger partial charge in [-0.15, -0.1) is 5.10 Å². The van der Waals surface area contributed by atoms with E-state index in [2.05, 4.69) is 19.8 Å². The molecular weight excluding hydrogens is 200 g/mol. The molecule has 0 spiro atoms. The number of nitrogens with zero attached hydrogens (tertiary/aromatic N) is 3. The standard InChI is InChI=1S/C8H14N4OS/c1-9-8-7(10-11-14-8)6-12-2-4-13-5-3-12/h9H,2-6H2,1H3. The van der Waals surface area contributed by atoms with Gasteiger partial charge in [-0.3, -0.25) is 4.90 Å². The monoisotopic (exact) mass is 214 g/mol. The maximum absolute atomic E-state index is 5.28. The maximum Gasteiger partial charge on any atom is 0.134 e. The van der Waals surface area contributed by atoms with E-state index in [1.165, 1.54) is 11.5 Å². The molecule has 1 N–H and O–H groups in total. The molecule has 1 aliphatic heterocycles. The summed E-state index contributed by atoms with van der Waals surface area (Å²) < 4.78 is 9.21. The summed E-state index contributed by atoms with van der Waals surface area (Å²) in [4.78, 5) is 2.33. The van der Waals surface area contributed by atoms with Crippen LogP contribution >= 0.6 is 11.5 Å². The predicted molar refractivity (Wildman–Crippen MR) is 55.6 cm³/mol. The number of morpholine rings is 1. The Kier molecular flexibility index (Phi) is 3.28. The van der Waals surface area contributed by atoms with Gasteiger partial charge in [-0.05, 0) is 0 Å². The van der Waals surface area contributed by atoms with Crippen molar-refractivity contribution in [1.29, 1.82) is 0 Å². The van der Waals surface area contributed by atoms with E-state index in [9.17, 15) is 0 Å². The third-order valence-electron chi connectivity index (χ3n) is 2.26. The average Bonchev–Trinajstić information content (AvgIpc) is 2.67. The fourth-order valence-electron chi connectivity index (χ4n) is 1.47. The van der Waals surface area contributed by atoms with Crippen LogP contribution in [0.4, 0.5) is 5.00 Å². The predicted octanol–water partition coefficient (Wildman–Crippen LogP) is 0.412. The van der Waals surface area contributed by atoms with Gasteiger partial charge in [0.2, 0.25) is 0 Å². The molecule has 1 fully saturated rings. The first-order valence-electron chi connectivity index (χ1n) is 4.69. The number of hydrogen-bond donors (Lipinski definition) is 1. The summed E-state index contributed by atoms with van der Waals surface area (Å²) in [5, 5.41) is 8.27. The number of rotatable bonds is 3. The number of anilines is 1. The van der Waals surface area contributed by atoms with E-state index >= 15 is 0 Å². The number of hydrogen-bond acceptors (Lipinski definition) is 6. The van der Waals surface area contributed by atoms with Crippen LogP contribution in [0.15, 0.2) is 0 Å². The Morgan fingerprint density at radius 2 is 2.29 bits per heavy atom. The zero-order valence-electron chi connectivity index (χ0n) is 8.19. The fourth-order valence-corrected chi connectivity index (χ4v) is 2.00. The summed E-state index contributed by atoms with van der Waals surface area (Å²) >= 11 is 1.41. The highest BCUT2D eigenvalue weighted by Crippen LogP contribution is 2.18. The number of ether oxygens (including phenoxy) is 1. The molecule has 0 aliphatic carbocycles. The van der Waals surface area contributed by atoms with E-state index < -0.39 is 0 Å². The van der Waals surface area contributed by atoms with Crippen LogP contribution in [0.25, 0.3) is 0 Å². The molecule has 0 saturated carbocycles. The molecule has 6 heteroatoms. The molecule has 0 atom stereocenters. The summed E-state index contributed by atoms with van der Waals surface area (Å²) in [6.45, 7) is 4.50. The Bertz CT molecular complexity index is 285. The van der Waals surface area contributed by atoms with E-state index in [4.69, 9.17) is 4.74 Å². The van der Waals surface area contributed by atoms with Gasteiger partial charge in [-0.1, -0.05) is 4.49 Å². The number of nitrogens with one attached hydrogen (secondary N) is 1. The fraction of sp³-hybridized carbons (Fsp3) is 0.750. The zero-order valence-corrected chi connectivity index (χ0v) is 9.01. The van der Waals surface area contributed by atoms with Gasteiger partial charge in [0.05, 0.1) is 13.2 Å². The first kappa shape index (κ1) is 9.82. The van der Waals surface area contributed by atoms with Gasteiger partial charge in [0, 0.05) is 38.2 Å². The number of aromatic nitrogens is 2. The van der Waals surface area contributed by atoms with Crippen molar-refractivity contribution in [2.45, 2.75) is 6.54 Å². The molecule has 0 unspecified atom stereocenters. The molecule has 14 heavy (non-hydrogen) atoms. The van der Waals surface area contributed by atoms with Crippen LogP contribution in [-0.4, -0.2) is 47.8 Å². The molecular formula is C8H14N4OS. The van der Waals surface area contributed by atoms with E-state index in [1.807, 2.05) is 7.05 Å². The van der Waals surface area contributed by atoms with Crippen molar-refractivity contribution in [3.63, 3.8) is 0 Å². The molecule has 0 bridgehead atoms. The lowest BCUT2D eigenvalue weighted by Gasteiger charge is -2.25. The molecule has 0 aromatic carbocycles. The van der Waals surface area contributed by atoms with Crippen LogP contribution in [0.3, 0.4) is 0 Å². The van der Waals surface area contributed by atoms with Gasteiger partial charge in [0.1, 0.15) is 10.7 Å². The van der Waals surface area contributed by atoms with E-state index in [0.29, 0.717) is 0 Å². The molecule has 2 heterocycles. The van der Waals surface area contributed by atoms with Crippen molar-refractivity contribution in [2.75, 3.05) is 38.7 Å². The van der Waals surface area contributed by atoms with Gasteiger partial charge in [-0.2, -0.15) is 0 Å². The van der Waals surface area contributed by atoms with Crippen LogP contribution in [-0.2, 0) is 11.3 Å². The molecule has 1 saturated heterocycles. The quantitative estimate of drug-likeness (QED) is 0.790. The van der Waals surface area contributed by atoms with Gasteiger partial charge in [-0.25, -0.2) is 0 Å². The average molecular weight is 214 g/mol. The van der Waals surface area contributed by atoms with E-state index in [0.717, 1.165) is 43.5 Å². The lowest BCUT2D eigenvalue weighted by Crippen LogP contribution is -2.35. The van der Waals surface area contributed by atoms with Crippen LogP contribution in [0.1, 0.15) is 5.69 Å². The topological polar surface area (TPSA) is 50.3 Å². The molecule has 0 amide bonds. The van der Waals surface area contributed by atoms with Gasteiger partial charge < -0.3 is 10.1 Å². The Balaban J connectivity index is 1.95. The largest absolute Gasteiger partial charge is 0.379 e. The van der Waals surface area contributed by atoms with Crippen molar-refractivity contribution in [2.24, 2.45) is 0 Å². The molecule has 5 nitrogen and oxygen atoms in total. The van der Waals surface area contributed by atoms with Crippen molar-refractivity contribution in [3.8, 4) is 0 Å². The third-order valence-corrected chi connectivity index (χ3v) is 3.05. The van der Waals surface area contributed by atoms with Crippen LogP contribution in [0.2, 0.25) is 0 Å². The Morgan fingerprint density at radius 3 is 3.00 bits per heavy atom. The van der Waals surface area contributed by atoms with Crippen molar-refractivity contribution in [3.05, 3.63) is 5.69 Å². The van der Waals surface area contributed by atoms with E-state index in [1.54, 1.807) is 0 Å². The van der Waals surface area contributed by atoms with Crippen molar-refractivity contribution in [1.82, 2.24) is 14.5 Å². The Labute approximate surface area is 87.2 Å². The first-order valence-corrected chi connectivity index (χ1v) is 5.46. The molecule has 78 valence electrons. The Hall–Kier alpha value is -0.720. The molecule has 2 rings (SSSR count). The van der Waals surface area contributed by atoms with Crippen molar-refractivity contribution < 1.29 is 4.74 Å². The van der Waals surface area contributed by atoms with Gasteiger partial charge in [0.25, 0.3) is 0 Å². The molecule has 1 aliphatic rings. The van der Waals surface area contributed by atoms with Gasteiger partial charge >= 0.3 is 0 Å². The smallest absolute Gasteiger partial charge is 0.134 e. The Morgan fingerprint density at radius 1 is 1.50 bits per heavy atom. The summed E-state index contributed by atoms with van der Waals surface area (Å²) in [6, 6.07) is 0. The normalized spacial score (nSPS) is 18.4. The molecule has 0 radical (unpaired) electrons. The molecule has 1 aromatic rings. The molecule has 1 aromatic heterocycles. The highest BCUT2D eigenvalue weighted by molar-refractivity contribution is 7.10. The minimum atomic E-state index is 0.826. The maximum atomic E-state index is 5.28. The second-order valence-electron chi connectivity index (χ2n) is 3.19. The second-order valence-corrected chi connectivity index (χ2v) is 3.94. The summed E-state index contributed by atoms with van der Waals surface area (Å²) in [5.41, 5.74) is 1.04. The minimum absolute atomic E-state index is 0.826. The SMILES string of the molecule is CNc1snnc1CN1CCOCC1. The summed E-state index contributed by atoms with van der Waals surface area (Å²) in [6.07, 6.45) is 0. The zero-order chi connectivity index (χ0) is 9.80. The van der Waals surface area contributed by atoms with Gasteiger partial charge in [0.15, 0.2) is 0 Å².